The van der Waals surface area contributed by atoms with Crippen molar-refractivity contribution in [3.63, 3.8) is 0 Å². The van der Waals surface area contributed by atoms with Crippen LogP contribution in [0.15, 0.2) is 24.3 Å². The molecule has 1 aliphatic rings. The van der Waals surface area contributed by atoms with Crippen LogP contribution in [0.4, 0.5) is 0 Å². The molecule has 3 heteroatoms. The fourth-order valence-electron chi connectivity index (χ4n) is 2.44. The molecular weight excluding hydrogens is 224 g/mol. The van der Waals surface area contributed by atoms with Crippen LogP contribution in [0.1, 0.15) is 25.0 Å². The van der Waals surface area contributed by atoms with Crippen LogP contribution in [0.25, 0.3) is 0 Å². The second-order valence-electron chi connectivity index (χ2n) is 5.27. The lowest BCUT2D eigenvalue weighted by molar-refractivity contribution is -0.124. The van der Waals surface area contributed by atoms with E-state index in [4.69, 9.17) is 0 Å². The summed E-state index contributed by atoms with van der Waals surface area (Å²) in [6.07, 6.45) is 1.78. The molecule has 0 spiro atoms. The van der Waals surface area contributed by atoms with Gasteiger partial charge in [0.1, 0.15) is 0 Å². The molecule has 2 N–H and O–H groups in total. The van der Waals surface area contributed by atoms with Gasteiger partial charge in [0, 0.05) is 25.0 Å². The average molecular weight is 246 g/mol. The van der Waals surface area contributed by atoms with E-state index in [1.807, 2.05) is 12.1 Å². The second-order valence-corrected chi connectivity index (χ2v) is 5.27. The largest absolute Gasteiger partial charge is 0.355 e. The van der Waals surface area contributed by atoms with Crippen LogP contribution >= 0.6 is 0 Å². The van der Waals surface area contributed by atoms with Gasteiger partial charge in [0.25, 0.3) is 0 Å². The summed E-state index contributed by atoms with van der Waals surface area (Å²) in [5.41, 5.74) is 2.66. The molecule has 1 aromatic rings. The Kier molecular flexibility index (Phi) is 4.37. The van der Waals surface area contributed by atoms with E-state index in [0.717, 1.165) is 19.4 Å². The van der Waals surface area contributed by atoms with Crippen LogP contribution in [-0.2, 0) is 17.6 Å². The molecule has 0 saturated heterocycles. The summed E-state index contributed by atoms with van der Waals surface area (Å²) in [5, 5.41) is 6.31. The van der Waals surface area contributed by atoms with Crippen molar-refractivity contribution >= 4 is 5.91 Å². The van der Waals surface area contributed by atoms with Gasteiger partial charge in [-0.1, -0.05) is 38.1 Å². The minimum atomic E-state index is 0.126. The highest BCUT2D eigenvalue weighted by atomic mass is 16.1. The third-order valence-electron chi connectivity index (χ3n) is 3.40. The van der Waals surface area contributed by atoms with Gasteiger partial charge in [0.15, 0.2) is 0 Å². The van der Waals surface area contributed by atoms with E-state index in [1.54, 1.807) is 0 Å². The van der Waals surface area contributed by atoms with Crippen LogP contribution in [0, 0.1) is 5.92 Å². The third-order valence-corrected chi connectivity index (χ3v) is 3.40. The van der Waals surface area contributed by atoms with Crippen LogP contribution in [0.5, 0.6) is 0 Å². The van der Waals surface area contributed by atoms with Gasteiger partial charge in [-0.25, -0.2) is 0 Å². The van der Waals surface area contributed by atoms with Crippen LogP contribution < -0.4 is 10.6 Å². The molecule has 0 fully saturated rings. The molecule has 0 saturated carbocycles. The van der Waals surface area contributed by atoms with Gasteiger partial charge in [-0.15, -0.1) is 0 Å². The summed E-state index contributed by atoms with van der Waals surface area (Å²) in [6.45, 7) is 5.76. The zero-order valence-corrected chi connectivity index (χ0v) is 11.2. The van der Waals surface area contributed by atoms with Crippen LogP contribution in [0.2, 0.25) is 0 Å². The molecule has 0 bridgehead atoms. The average Bonchev–Trinajstić information content (AvgIpc) is 2.78. The number of rotatable bonds is 5. The fraction of sp³-hybridized carbons (Fsp3) is 0.533. The van der Waals surface area contributed by atoms with E-state index >= 15 is 0 Å². The van der Waals surface area contributed by atoms with Crippen LogP contribution in [0.3, 0.4) is 0 Å². The zero-order valence-electron chi connectivity index (χ0n) is 11.2. The van der Waals surface area contributed by atoms with Crippen LogP contribution in [-0.4, -0.2) is 25.0 Å². The topological polar surface area (TPSA) is 41.1 Å². The number of hydrogen-bond acceptors (Lipinski definition) is 2. The van der Waals surface area contributed by atoms with E-state index in [9.17, 15) is 4.79 Å². The molecule has 0 heterocycles. The van der Waals surface area contributed by atoms with Gasteiger partial charge in [-0.3, -0.25) is 4.79 Å². The molecular formula is C15H22N2O. The Balaban J connectivity index is 1.76. The number of benzene rings is 1. The van der Waals surface area contributed by atoms with E-state index in [2.05, 4.69) is 36.6 Å². The Hall–Kier alpha value is -1.35. The Morgan fingerprint density at radius 1 is 1.22 bits per heavy atom. The second kappa shape index (κ2) is 6.01. The predicted octanol–water partition coefficient (Wildman–Crippen LogP) is 1.52. The number of fused-ring (bicyclic) bond motifs is 1. The maximum atomic E-state index is 12.0. The quantitative estimate of drug-likeness (QED) is 0.773. The molecule has 18 heavy (non-hydrogen) atoms. The highest BCUT2D eigenvalue weighted by Crippen LogP contribution is 2.26. The minimum Gasteiger partial charge on any atom is -0.355 e. The first-order chi connectivity index (χ1) is 8.66. The molecule has 0 radical (unpaired) electrons. The monoisotopic (exact) mass is 246 g/mol. The summed E-state index contributed by atoms with van der Waals surface area (Å²) >= 11 is 0. The predicted molar refractivity (Wildman–Crippen MR) is 73.5 cm³/mol. The molecule has 3 nitrogen and oxygen atoms in total. The van der Waals surface area contributed by atoms with Gasteiger partial charge < -0.3 is 10.6 Å². The van der Waals surface area contributed by atoms with Crippen molar-refractivity contribution in [2.45, 2.75) is 32.7 Å². The Morgan fingerprint density at radius 2 is 1.83 bits per heavy atom. The molecule has 0 unspecified atom stereocenters. The van der Waals surface area contributed by atoms with Crippen molar-refractivity contribution in [3.05, 3.63) is 35.4 Å². The number of nitrogens with one attached hydrogen (secondary N) is 2. The highest BCUT2D eigenvalue weighted by molar-refractivity contribution is 5.80. The number of amides is 1. The van der Waals surface area contributed by atoms with E-state index in [0.29, 0.717) is 12.6 Å². The molecule has 0 aromatic heterocycles. The van der Waals surface area contributed by atoms with Gasteiger partial charge in [0.2, 0.25) is 5.91 Å². The van der Waals surface area contributed by atoms with Crippen molar-refractivity contribution in [1.29, 1.82) is 0 Å². The van der Waals surface area contributed by atoms with Crippen molar-refractivity contribution in [1.82, 2.24) is 10.6 Å². The molecule has 1 amide bonds. The van der Waals surface area contributed by atoms with Gasteiger partial charge in [0.05, 0.1) is 0 Å². The zero-order chi connectivity index (χ0) is 13.0. The van der Waals surface area contributed by atoms with Crippen molar-refractivity contribution in [2.24, 2.45) is 5.92 Å². The Morgan fingerprint density at radius 3 is 2.39 bits per heavy atom. The normalized spacial score (nSPS) is 14.8. The van der Waals surface area contributed by atoms with Crippen molar-refractivity contribution in [3.8, 4) is 0 Å². The van der Waals surface area contributed by atoms with E-state index in [-0.39, 0.29) is 11.8 Å². The summed E-state index contributed by atoms with van der Waals surface area (Å²) in [4.78, 5) is 12.0. The Labute approximate surface area is 109 Å². The first-order valence-electron chi connectivity index (χ1n) is 6.74. The minimum absolute atomic E-state index is 0.126. The number of hydrogen-bond donors (Lipinski definition) is 2. The molecule has 1 aliphatic carbocycles. The summed E-state index contributed by atoms with van der Waals surface area (Å²) in [7, 11) is 0. The smallest absolute Gasteiger partial charge is 0.223 e. The van der Waals surface area contributed by atoms with Gasteiger partial charge in [-0.05, 0) is 24.0 Å². The van der Waals surface area contributed by atoms with Crippen molar-refractivity contribution in [2.75, 3.05) is 13.1 Å². The SMILES string of the molecule is CC(C)NCCNC(=O)C1Cc2ccccc2C1. The maximum absolute atomic E-state index is 12.0. The van der Waals surface area contributed by atoms with Gasteiger partial charge in [-0.2, -0.15) is 0 Å². The highest BCUT2D eigenvalue weighted by Gasteiger charge is 2.26. The molecule has 0 atom stereocenters. The molecule has 1 aromatic carbocycles. The Bertz CT molecular complexity index is 390. The molecule has 2 rings (SSSR count). The first kappa shape index (κ1) is 13.1. The van der Waals surface area contributed by atoms with Crippen molar-refractivity contribution < 1.29 is 4.79 Å². The first-order valence-corrected chi connectivity index (χ1v) is 6.74. The number of carbonyl (C=O) groups excluding carboxylic acids is 1. The summed E-state index contributed by atoms with van der Waals surface area (Å²) in [5.74, 6) is 0.318. The van der Waals surface area contributed by atoms with E-state index < -0.39 is 0 Å². The fourth-order valence-corrected chi connectivity index (χ4v) is 2.44. The number of carbonyl (C=O) groups is 1. The van der Waals surface area contributed by atoms with Gasteiger partial charge >= 0.3 is 0 Å². The summed E-state index contributed by atoms with van der Waals surface area (Å²) in [6, 6.07) is 8.82. The third kappa shape index (κ3) is 3.33. The molecule has 0 aliphatic heterocycles. The lowest BCUT2D eigenvalue weighted by atomic mass is 10.1. The standard InChI is InChI=1S/C15H22N2O/c1-11(2)16-7-8-17-15(18)14-9-12-5-3-4-6-13(12)10-14/h3-6,11,14,16H,7-10H2,1-2H3,(H,17,18). The lowest BCUT2D eigenvalue weighted by Gasteiger charge is -2.12. The van der Waals surface area contributed by atoms with E-state index in [1.165, 1.54) is 11.1 Å². The maximum Gasteiger partial charge on any atom is 0.223 e. The lowest BCUT2D eigenvalue weighted by Crippen LogP contribution is -2.37. The summed E-state index contributed by atoms with van der Waals surface area (Å²) < 4.78 is 0. The molecule has 98 valence electrons.